The molecule has 0 radical (unpaired) electrons. The number of thiol groups is 2. The number of carboxylic acids is 1. The molecule has 0 aliphatic heterocycles. The lowest BCUT2D eigenvalue weighted by Gasteiger charge is -1.63. The van der Waals surface area contributed by atoms with E-state index in [-0.39, 0.29) is 0 Å². The largest absolute Gasteiger partial charge is 0.481 e. The topological polar surface area (TPSA) is 37.3 Å². The van der Waals surface area contributed by atoms with Crippen molar-refractivity contribution in [2.75, 3.05) is 5.75 Å². The van der Waals surface area contributed by atoms with Gasteiger partial charge in [0, 0.05) is 50.9 Å². The summed E-state index contributed by atoms with van der Waals surface area (Å²) >= 11 is 4.41. The Hall–Kier alpha value is 0.310. The van der Waals surface area contributed by atoms with E-state index in [1.54, 1.807) is 6.92 Å². The monoisotopic (exact) mass is 244 g/mol. The molecular weight excluding hydrogens is 233 g/mol. The molecule has 0 aromatic rings. The van der Waals surface area contributed by atoms with Crippen molar-refractivity contribution in [2.24, 2.45) is 0 Å². The molecule has 0 aromatic heterocycles. The highest BCUT2D eigenvalue weighted by molar-refractivity contribution is 7.94. The molecule has 0 atom stereocenters. The van der Waals surface area contributed by atoms with Gasteiger partial charge in [-0.05, 0) is 0 Å². The van der Waals surface area contributed by atoms with Crippen molar-refractivity contribution in [1.29, 1.82) is 0 Å². The van der Waals surface area contributed by atoms with Gasteiger partial charge in [-0.2, -0.15) is 11.7 Å². The Labute approximate surface area is 85.6 Å². The second-order valence-electron chi connectivity index (χ2n) is 0.917. The van der Waals surface area contributed by atoms with E-state index in [0.29, 0.717) is 17.9 Å². The third-order valence-electron chi connectivity index (χ3n) is 0.109. The lowest BCUT2D eigenvalue weighted by molar-refractivity contribution is -0.134. The smallest absolute Gasteiger partial charge is 0.300 e. The minimum Gasteiger partial charge on any atom is -0.481 e. The first-order valence-electron chi connectivity index (χ1n) is 2.42. The van der Waals surface area contributed by atoms with E-state index in [9.17, 15) is 11.7 Å². The number of hydrogen-bond donors (Lipinski definition) is 3. The van der Waals surface area contributed by atoms with Gasteiger partial charge in [0.1, 0.15) is 0 Å². The number of halogens is 3. The Kier molecular flexibility index (Phi) is 81.0. The van der Waals surface area contributed by atoms with Crippen LogP contribution in [0.3, 0.4) is 0 Å². The van der Waals surface area contributed by atoms with Gasteiger partial charge >= 0.3 is 0 Å². The zero-order valence-corrected chi connectivity index (χ0v) is 9.10. The van der Waals surface area contributed by atoms with Crippen molar-refractivity contribution in [2.45, 2.75) is 13.8 Å². The summed E-state index contributed by atoms with van der Waals surface area (Å²) in [5, 5.41) is 7.42. The van der Waals surface area contributed by atoms with Gasteiger partial charge in [-0.3, -0.25) is 4.79 Å². The van der Waals surface area contributed by atoms with Gasteiger partial charge in [0.05, 0.1) is 0 Å². The van der Waals surface area contributed by atoms with Gasteiger partial charge in [-0.15, -0.1) is 0 Å². The molecule has 0 bridgehead atoms. The number of carbonyl (C=O) groups is 1. The van der Waals surface area contributed by atoms with Gasteiger partial charge in [0.15, 0.2) is 0 Å². The standard InChI is InChI=1S/C2H5FS.C2H4O2.2FHS/c1-2-4-3;1-2(3)4;2*1-2/h2H2,1H3;1H3,(H,3,4);2*2H. The van der Waals surface area contributed by atoms with Crippen LogP contribution in [0.4, 0.5) is 11.7 Å². The van der Waals surface area contributed by atoms with Crippen LogP contribution in [0.1, 0.15) is 13.8 Å². The molecule has 0 aliphatic rings. The minimum absolute atomic E-state index is 0.356. The van der Waals surface area contributed by atoms with Crippen LogP contribution in [0.5, 0.6) is 0 Å². The molecule has 0 fully saturated rings. The van der Waals surface area contributed by atoms with E-state index >= 15 is 0 Å². The first-order chi connectivity index (χ1) is 5.65. The quantitative estimate of drug-likeness (QED) is 0.619. The molecule has 0 unspecified atom stereocenters. The van der Waals surface area contributed by atoms with Crippen LogP contribution in [0.2, 0.25) is 0 Å². The maximum absolute atomic E-state index is 10.6. The zero-order chi connectivity index (χ0) is 11.0. The number of rotatable bonds is 1. The van der Waals surface area contributed by atoms with Gasteiger partial charge < -0.3 is 5.11 Å². The van der Waals surface area contributed by atoms with Gasteiger partial charge in [-0.1, -0.05) is 6.92 Å². The molecular formula is C4H11F3O2S3. The molecule has 0 aliphatic carbocycles. The van der Waals surface area contributed by atoms with Crippen LogP contribution in [-0.4, -0.2) is 16.8 Å². The maximum Gasteiger partial charge on any atom is 0.300 e. The minimum atomic E-state index is -0.833. The molecule has 1 N–H and O–H groups in total. The Balaban J connectivity index is -0.0000000380. The molecule has 0 spiro atoms. The van der Waals surface area contributed by atoms with Crippen LogP contribution < -0.4 is 0 Å². The van der Waals surface area contributed by atoms with Crippen molar-refractivity contribution >= 4 is 44.1 Å². The number of hydrogen-bond acceptors (Lipinski definition) is 4. The number of aliphatic carboxylic acids is 1. The second kappa shape index (κ2) is 42.6. The van der Waals surface area contributed by atoms with Gasteiger partial charge in [-0.25, -0.2) is 0 Å². The average Bonchev–Trinajstić information content (AvgIpc) is 2.10. The third kappa shape index (κ3) is 521. The van der Waals surface area contributed by atoms with Crippen LogP contribution in [0.15, 0.2) is 0 Å². The van der Waals surface area contributed by atoms with Crippen molar-refractivity contribution < 1.29 is 21.6 Å². The average molecular weight is 244 g/mol. The molecule has 0 heterocycles. The van der Waals surface area contributed by atoms with Crippen molar-refractivity contribution in [3.05, 3.63) is 0 Å². The molecule has 0 saturated heterocycles. The van der Waals surface area contributed by atoms with E-state index in [1.807, 2.05) is 26.0 Å². The molecule has 0 rings (SSSR count). The fourth-order valence-electron chi connectivity index (χ4n) is 0. The summed E-state index contributed by atoms with van der Waals surface area (Å²) in [5.41, 5.74) is 0. The fourth-order valence-corrected chi connectivity index (χ4v) is 0. The highest BCUT2D eigenvalue weighted by atomic mass is 32.2. The third-order valence-corrected chi connectivity index (χ3v) is 0.327. The molecule has 0 aromatic carbocycles. The van der Waals surface area contributed by atoms with Crippen molar-refractivity contribution in [1.82, 2.24) is 0 Å². The molecule has 0 amide bonds. The molecule has 2 nitrogen and oxygen atoms in total. The summed E-state index contributed by atoms with van der Waals surface area (Å²) in [6.07, 6.45) is 0. The summed E-state index contributed by atoms with van der Waals surface area (Å²) in [6.45, 7) is 2.85. The van der Waals surface area contributed by atoms with E-state index in [0.717, 1.165) is 6.92 Å². The first kappa shape index (κ1) is 22.8. The fraction of sp³-hybridized carbons (Fsp3) is 0.750. The highest BCUT2D eigenvalue weighted by Crippen LogP contribution is 1.94. The normalized spacial score (nSPS) is 5.58. The Morgan fingerprint density at radius 3 is 1.50 bits per heavy atom. The SMILES string of the molecule is CC(=O)O.CCSF.FS.FS. The summed E-state index contributed by atoms with van der Waals surface area (Å²) in [5.74, 6) is -0.264. The lowest BCUT2D eigenvalue weighted by Crippen LogP contribution is -1.78. The van der Waals surface area contributed by atoms with Crippen LogP contribution in [0.25, 0.3) is 0 Å². The van der Waals surface area contributed by atoms with Crippen molar-refractivity contribution in [3.63, 3.8) is 0 Å². The molecule has 12 heavy (non-hydrogen) atoms. The highest BCUT2D eigenvalue weighted by Gasteiger charge is 1.65. The second-order valence-corrected chi connectivity index (χ2v) is 1.71. The van der Waals surface area contributed by atoms with Crippen molar-refractivity contribution in [3.8, 4) is 0 Å². The lowest BCUT2D eigenvalue weighted by atomic mass is 10.9. The predicted molar refractivity (Wildman–Crippen MR) is 52.7 cm³/mol. The van der Waals surface area contributed by atoms with Gasteiger partial charge in [0.25, 0.3) is 5.97 Å². The summed E-state index contributed by atoms with van der Waals surface area (Å²) < 4.78 is 29.0. The number of carboxylic acid groups (broad SMARTS) is 1. The Bertz CT molecular complexity index is 61.5. The molecule has 0 saturated carbocycles. The summed E-state index contributed by atoms with van der Waals surface area (Å²) in [7, 11) is 0. The predicted octanol–water partition coefficient (Wildman–Crippen LogP) is 3.32. The summed E-state index contributed by atoms with van der Waals surface area (Å²) in [4.78, 5) is 9.00. The molecule has 8 heteroatoms. The Morgan fingerprint density at radius 2 is 1.50 bits per heavy atom. The Morgan fingerprint density at radius 1 is 1.42 bits per heavy atom. The van der Waals surface area contributed by atoms with E-state index < -0.39 is 5.97 Å². The zero-order valence-electron chi connectivity index (χ0n) is 6.50. The van der Waals surface area contributed by atoms with Gasteiger partial charge in [0.2, 0.25) is 0 Å². The van der Waals surface area contributed by atoms with E-state index in [4.69, 9.17) is 9.90 Å². The van der Waals surface area contributed by atoms with Crippen LogP contribution in [-0.2, 0) is 4.79 Å². The molecule has 78 valence electrons. The van der Waals surface area contributed by atoms with Crippen LogP contribution >= 0.6 is 38.2 Å². The maximum atomic E-state index is 10.6. The van der Waals surface area contributed by atoms with E-state index in [2.05, 4.69) is 0 Å². The first-order valence-corrected chi connectivity index (χ1v) is 3.98. The summed E-state index contributed by atoms with van der Waals surface area (Å²) in [6, 6.07) is 0. The van der Waals surface area contributed by atoms with E-state index in [1.165, 1.54) is 0 Å². The van der Waals surface area contributed by atoms with Crippen LogP contribution in [0, 0.1) is 0 Å².